The fourth-order valence-electron chi connectivity index (χ4n) is 1.63. The smallest absolute Gasteiger partial charge is 0.418 e. The van der Waals surface area contributed by atoms with Gasteiger partial charge in [-0.25, -0.2) is 4.79 Å². The summed E-state index contributed by atoms with van der Waals surface area (Å²) in [6, 6.07) is 3.71. The van der Waals surface area contributed by atoms with Gasteiger partial charge in [0.15, 0.2) is 0 Å². The fourth-order valence-corrected chi connectivity index (χ4v) is 1.63. The van der Waals surface area contributed by atoms with E-state index in [2.05, 4.69) is 0 Å². The molecule has 0 unspecified atom stereocenters. The summed E-state index contributed by atoms with van der Waals surface area (Å²) in [5, 5.41) is 8.72. The molecule has 2 heterocycles. The molecule has 0 radical (unpaired) electrons. The molecule has 0 aliphatic rings. The summed E-state index contributed by atoms with van der Waals surface area (Å²) in [7, 11) is 0. The summed E-state index contributed by atoms with van der Waals surface area (Å²) in [6.07, 6.45) is -3.51. The Morgan fingerprint density at radius 3 is 2.44 bits per heavy atom. The van der Waals surface area contributed by atoms with Crippen LogP contribution in [0.5, 0.6) is 0 Å². The van der Waals surface area contributed by atoms with Crippen molar-refractivity contribution in [2.45, 2.75) is 6.18 Å². The van der Waals surface area contributed by atoms with E-state index in [1.165, 1.54) is 0 Å². The number of nitrogens with zero attached hydrogens (tertiary/aromatic N) is 1. The number of rotatable bonds is 1. The van der Waals surface area contributed by atoms with Gasteiger partial charge in [0.25, 0.3) is 5.56 Å². The van der Waals surface area contributed by atoms with Gasteiger partial charge in [-0.2, -0.15) is 13.2 Å². The average molecular weight is 257 g/mol. The van der Waals surface area contributed by atoms with Gasteiger partial charge in [-0.1, -0.05) is 0 Å². The lowest BCUT2D eigenvalue weighted by molar-refractivity contribution is -0.136. The highest BCUT2D eigenvalue weighted by molar-refractivity contribution is 5.87. The van der Waals surface area contributed by atoms with E-state index in [1.807, 2.05) is 0 Å². The predicted molar refractivity (Wildman–Crippen MR) is 55.6 cm³/mol. The molecular weight excluding hydrogens is 251 g/mol. The fraction of sp³-hybridized carbons (Fsp3) is 0.0909. The number of fused-ring (bicyclic) bond motifs is 1. The highest BCUT2D eigenvalue weighted by atomic mass is 19.4. The highest BCUT2D eigenvalue weighted by Crippen LogP contribution is 2.31. The number of pyridine rings is 2. The molecule has 7 heteroatoms. The molecule has 1 N–H and O–H groups in total. The molecule has 2 aromatic heterocycles. The van der Waals surface area contributed by atoms with E-state index >= 15 is 0 Å². The van der Waals surface area contributed by atoms with Crippen molar-refractivity contribution in [3.05, 3.63) is 51.9 Å². The van der Waals surface area contributed by atoms with E-state index in [-0.39, 0.29) is 5.52 Å². The largest absolute Gasteiger partial charge is 0.477 e. The Balaban J connectivity index is 2.88. The molecule has 0 spiro atoms. The van der Waals surface area contributed by atoms with Crippen LogP contribution in [0.3, 0.4) is 0 Å². The first kappa shape index (κ1) is 12.2. The zero-order valence-corrected chi connectivity index (χ0v) is 8.73. The van der Waals surface area contributed by atoms with Crippen LogP contribution in [0.4, 0.5) is 13.2 Å². The molecule has 0 amide bonds. The molecule has 2 rings (SSSR count). The van der Waals surface area contributed by atoms with Crippen LogP contribution in [0.25, 0.3) is 5.52 Å². The molecule has 0 fully saturated rings. The minimum absolute atomic E-state index is 0.375. The van der Waals surface area contributed by atoms with Gasteiger partial charge in [0.2, 0.25) is 0 Å². The summed E-state index contributed by atoms with van der Waals surface area (Å²) in [4.78, 5) is 22.4. The minimum Gasteiger partial charge on any atom is -0.477 e. The SMILES string of the molecule is O=C(O)c1ccc2c(C(F)(F)F)cccn2c1=O. The molecule has 0 bridgehead atoms. The second kappa shape index (κ2) is 3.86. The van der Waals surface area contributed by atoms with Crippen molar-refractivity contribution in [2.75, 3.05) is 0 Å². The maximum absolute atomic E-state index is 12.7. The third kappa shape index (κ3) is 1.83. The van der Waals surface area contributed by atoms with Gasteiger partial charge < -0.3 is 5.11 Å². The molecule has 0 aliphatic heterocycles. The number of carboxylic acid groups (broad SMARTS) is 1. The van der Waals surface area contributed by atoms with Gasteiger partial charge in [-0.15, -0.1) is 0 Å². The van der Waals surface area contributed by atoms with Crippen LogP contribution in [-0.2, 0) is 6.18 Å². The Hall–Kier alpha value is -2.31. The monoisotopic (exact) mass is 257 g/mol. The molecule has 0 aromatic carbocycles. The molecule has 0 aliphatic carbocycles. The van der Waals surface area contributed by atoms with Gasteiger partial charge in [-0.3, -0.25) is 9.20 Å². The molecule has 94 valence electrons. The molecule has 0 saturated carbocycles. The van der Waals surface area contributed by atoms with E-state index in [4.69, 9.17) is 5.11 Å². The second-order valence-electron chi connectivity index (χ2n) is 3.53. The molecule has 0 saturated heterocycles. The Morgan fingerprint density at radius 1 is 1.22 bits per heavy atom. The van der Waals surface area contributed by atoms with Crippen LogP contribution in [0.15, 0.2) is 35.3 Å². The Bertz CT molecular complexity index is 688. The first-order valence-electron chi connectivity index (χ1n) is 4.77. The maximum atomic E-state index is 12.7. The van der Waals surface area contributed by atoms with Gasteiger partial charge in [-0.05, 0) is 24.3 Å². The van der Waals surface area contributed by atoms with Gasteiger partial charge >= 0.3 is 12.1 Å². The minimum atomic E-state index is -4.61. The highest BCUT2D eigenvalue weighted by Gasteiger charge is 2.33. The summed E-state index contributed by atoms with van der Waals surface area (Å²) in [6.45, 7) is 0. The number of alkyl halides is 3. The van der Waals surface area contributed by atoms with Crippen LogP contribution in [-0.4, -0.2) is 15.5 Å². The lowest BCUT2D eigenvalue weighted by Gasteiger charge is -2.10. The van der Waals surface area contributed by atoms with Crippen LogP contribution >= 0.6 is 0 Å². The van der Waals surface area contributed by atoms with Crippen molar-refractivity contribution in [3.63, 3.8) is 0 Å². The quantitative estimate of drug-likeness (QED) is 0.850. The number of aromatic nitrogens is 1. The number of carbonyl (C=O) groups is 1. The summed E-state index contributed by atoms with van der Waals surface area (Å²) in [5.41, 5.74) is -2.93. The predicted octanol–water partition coefficient (Wildman–Crippen LogP) is 2.02. The number of aromatic carboxylic acids is 1. The maximum Gasteiger partial charge on any atom is 0.418 e. The number of halogens is 3. The van der Waals surface area contributed by atoms with Gasteiger partial charge in [0, 0.05) is 6.20 Å². The lowest BCUT2D eigenvalue weighted by atomic mass is 10.1. The van der Waals surface area contributed by atoms with Crippen molar-refractivity contribution >= 4 is 11.5 Å². The normalized spacial score (nSPS) is 11.7. The van der Waals surface area contributed by atoms with E-state index in [0.717, 1.165) is 30.5 Å². The van der Waals surface area contributed by atoms with Crippen molar-refractivity contribution in [2.24, 2.45) is 0 Å². The van der Waals surface area contributed by atoms with Crippen molar-refractivity contribution in [1.82, 2.24) is 4.40 Å². The van der Waals surface area contributed by atoms with Crippen LogP contribution < -0.4 is 5.56 Å². The van der Waals surface area contributed by atoms with Crippen molar-refractivity contribution in [3.8, 4) is 0 Å². The Labute approximate surface area is 97.9 Å². The number of hydrogen-bond acceptors (Lipinski definition) is 2. The van der Waals surface area contributed by atoms with Crippen LogP contribution in [0.2, 0.25) is 0 Å². The molecular formula is C11H6F3NO3. The van der Waals surface area contributed by atoms with Crippen molar-refractivity contribution < 1.29 is 23.1 Å². The standard InChI is InChI=1S/C11H6F3NO3/c12-11(13,14)7-2-1-5-15-8(7)4-3-6(9(15)16)10(17)18/h1-5H,(H,17,18). The molecule has 2 aromatic rings. The lowest BCUT2D eigenvalue weighted by Crippen LogP contribution is -2.23. The molecule has 0 atom stereocenters. The zero-order chi connectivity index (χ0) is 13.5. The Morgan fingerprint density at radius 2 is 1.89 bits per heavy atom. The van der Waals surface area contributed by atoms with E-state index in [9.17, 15) is 22.8 Å². The Kier molecular flexibility index (Phi) is 2.61. The van der Waals surface area contributed by atoms with E-state index < -0.39 is 28.8 Å². The summed E-state index contributed by atoms with van der Waals surface area (Å²) >= 11 is 0. The van der Waals surface area contributed by atoms with Gasteiger partial charge in [0.1, 0.15) is 5.56 Å². The third-order valence-corrected chi connectivity index (χ3v) is 2.43. The average Bonchev–Trinajstić information content (AvgIpc) is 2.27. The number of hydrogen-bond donors (Lipinski definition) is 1. The summed E-state index contributed by atoms with van der Waals surface area (Å²) < 4.78 is 38.7. The van der Waals surface area contributed by atoms with E-state index in [0.29, 0.717) is 4.40 Å². The zero-order valence-electron chi connectivity index (χ0n) is 8.73. The van der Waals surface area contributed by atoms with Crippen LogP contribution in [0, 0.1) is 0 Å². The molecule has 18 heavy (non-hydrogen) atoms. The van der Waals surface area contributed by atoms with Gasteiger partial charge in [0.05, 0.1) is 11.1 Å². The summed E-state index contributed by atoms with van der Waals surface area (Å²) in [5.74, 6) is -1.48. The van der Waals surface area contributed by atoms with Crippen molar-refractivity contribution in [1.29, 1.82) is 0 Å². The first-order chi connectivity index (χ1) is 8.32. The topological polar surface area (TPSA) is 58.8 Å². The van der Waals surface area contributed by atoms with E-state index in [1.54, 1.807) is 0 Å². The third-order valence-electron chi connectivity index (χ3n) is 2.43. The van der Waals surface area contributed by atoms with Crippen LogP contribution in [0.1, 0.15) is 15.9 Å². The first-order valence-corrected chi connectivity index (χ1v) is 4.77. The number of carboxylic acids is 1. The molecule has 4 nitrogen and oxygen atoms in total. The second-order valence-corrected chi connectivity index (χ2v) is 3.53.